The molecule has 2 nitrogen and oxygen atoms in total. The highest BCUT2D eigenvalue weighted by atomic mass is 15.2. The van der Waals surface area contributed by atoms with E-state index in [1.54, 1.807) is 0 Å². The summed E-state index contributed by atoms with van der Waals surface area (Å²) >= 11 is 0. The first-order valence-corrected chi connectivity index (χ1v) is 8.06. The Labute approximate surface area is 113 Å². The lowest BCUT2D eigenvalue weighted by Gasteiger charge is -2.35. The number of nitrogens with two attached hydrogens (primary N) is 1. The molecular weight excluding hydrogens is 220 g/mol. The number of likely N-dealkylation sites (tertiary alicyclic amines) is 1. The highest BCUT2D eigenvalue weighted by Crippen LogP contribution is 2.33. The second-order valence-electron chi connectivity index (χ2n) is 7.25. The molecule has 0 amide bonds. The molecule has 0 bridgehead atoms. The van der Waals surface area contributed by atoms with Crippen LogP contribution in [0.25, 0.3) is 0 Å². The van der Waals surface area contributed by atoms with E-state index >= 15 is 0 Å². The highest BCUT2D eigenvalue weighted by Gasteiger charge is 2.31. The maximum absolute atomic E-state index is 6.04. The summed E-state index contributed by atoms with van der Waals surface area (Å²) in [6.07, 6.45) is 11.1. The Morgan fingerprint density at radius 2 is 1.78 bits per heavy atom. The monoisotopic (exact) mass is 252 g/mol. The lowest BCUT2D eigenvalue weighted by molar-refractivity contribution is 0.135. The van der Waals surface area contributed by atoms with Gasteiger partial charge in [0, 0.05) is 6.04 Å². The highest BCUT2D eigenvalue weighted by molar-refractivity contribution is 4.86. The van der Waals surface area contributed by atoms with Crippen LogP contribution < -0.4 is 5.73 Å². The van der Waals surface area contributed by atoms with Crippen molar-refractivity contribution in [3.63, 3.8) is 0 Å². The molecule has 1 aliphatic heterocycles. The van der Waals surface area contributed by atoms with E-state index in [0.29, 0.717) is 5.41 Å². The van der Waals surface area contributed by atoms with Gasteiger partial charge in [0.25, 0.3) is 0 Å². The van der Waals surface area contributed by atoms with Crippen LogP contribution in [0.5, 0.6) is 0 Å². The van der Waals surface area contributed by atoms with Crippen LogP contribution in [0, 0.1) is 11.3 Å². The lowest BCUT2D eigenvalue weighted by atomic mass is 9.85. The summed E-state index contributed by atoms with van der Waals surface area (Å²) in [7, 11) is 0. The minimum atomic E-state index is 0.553. The van der Waals surface area contributed by atoms with E-state index in [-0.39, 0.29) is 0 Å². The van der Waals surface area contributed by atoms with Gasteiger partial charge in [-0.05, 0) is 63.1 Å². The van der Waals surface area contributed by atoms with Crippen LogP contribution in [0.4, 0.5) is 0 Å². The second-order valence-corrected chi connectivity index (χ2v) is 7.25. The first-order valence-electron chi connectivity index (χ1n) is 8.06. The third-order valence-corrected chi connectivity index (χ3v) is 5.27. The molecule has 106 valence electrons. The van der Waals surface area contributed by atoms with E-state index < -0.39 is 0 Å². The maximum Gasteiger partial charge on any atom is 0.0136 e. The molecular formula is C16H32N2. The zero-order valence-electron chi connectivity index (χ0n) is 12.5. The fourth-order valence-corrected chi connectivity index (χ4v) is 3.90. The van der Waals surface area contributed by atoms with Crippen molar-refractivity contribution in [2.45, 2.75) is 71.3 Å². The summed E-state index contributed by atoms with van der Waals surface area (Å²) in [6, 6.07) is 0.784. The van der Waals surface area contributed by atoms with Crippen LogP contribution in [-0.4, -0.2) is 30.6 Å². The predicted molar refractivity (Wildman–Crippen MR) is 78.6 cm³/mol. The molecule has 0 aromatic heterocycles. The number of hydrogen-bond donors (Lipinski definition) is 1. The Morgan fingerprint density at radius 1 is 1.00 bits per heavy atom. The van der Waals surface area contributed by atoms with Crippen molar-refractivity contribution in [1.82, 2.24) is 4.90 Å². The van der Waals surface area contributed by atoms with Crippen molar-refractivity contribution < 1.29 is 0 Å². The van der Waals surface area contributed by atoms with Crippen LogP contribution in [0.1, 0.15) is 65.2 Å². The summed E-state index contributed by atoms with van der Waals surface area (Å²) in [4.78, 5) is 2.79. The quantitative estimate of drug-likeness (QED) is 0.763. The maximum atomic E-state index is 6.04. The third-order valence-electron chi connectivity index (χ3n) is 5.27. The zero-order chi connectivity index (χ0) is 13.0. The molecule has 0 radical (unpaired) electrons. The summed E-state index contributed by atoms with van der Waals surface area (Å²) < 4.78 is 0. The van der Waals surface area contributed by atoms with Crippen molar-refractivity contribution >= 4 is 0 Å². The lowest BCUT2D eigenvalue weighted by Crippen LogP contribution is -2.43. The van der Waals surface area contributed by atoms with Crippen LogP contribution >= 0.6 is 0 Å². The minimum Gasteiger partial charge on any atom is -0.330 e. The molecule has 1 saturated carbocycles. The average molecular weight is 252 g/mol. The fourth-order valence-electron chi connectivity index (χ4n) is 3.90. The number of nitrogens with zero attached hydrogens (tertiary/aromatic N) is 1. The first kappa shape index (κ1) is 14.3. The van der Waals surface area contributed by atoms with Gasteiger partial charge in [0.2, 0.25) is 0 Å². The van der Waals surface area contributed by atoms with E-state index in [1.807, 2.05) is 0 Å². The van der Waals surface area contributed by atoms with Crippen molar-refractivity contribution in [2.24, 2.45) is 17.1 Å². The van der Waals surface area contributed by atoms with Crippen molar-refractivity contribution in [1.29, 1.82) is 0 Å². The molecule has 1 aliphatic carbocycles. The summed E-state index contributed by atoms with van der Waals surface area (Å²) in [5.41, 5.74) is 6.59. The standard InChI is InChI=1S/C16H32N2/c1-16(2)9-6-11-18(12-10-16)15-8-5-3-4-7-14(15)13-17/h14-15H,3-13,17H2,1-2H3. The molecule has 2 heteroatoms. The van der Waals surface area contributed by atoms with Gasteiger partial charge < -0.3 is 10.6 Å². The predicted octanol–water partition coefficient (Wildman–Crippen LogP) is 3.41. The Balaban J connectivity index is 1.99. The third kappa shape index (κ3) is 3.71. The zero-order valence-corrected chi connectivity index (χ0v) is 12.5. The van der Waals surface area contributed by atoms with Gasteiger partial charge >= 0.3 is 0 Å². The van der Waals surface area contributed by atoms with Crippen LogP contribution in [0.3, 0.4) is 0 Å². The first-order chi connectivity index (χ1) is 8.62. The van der Waals surface area contributed by atoms with Gasteiger partial charge in [-0.15, -0.1) is 0 Å². The van der Waals surface area contributed by atoms with Gasteiger partial charge in [-0.2, -0.15) is 0 Å². The van der Waals surface area contributed by atoms with Gasteiger partial charge in [0.15, 0.2) is 0 Å². The molecule has 1 saturated heterocycles. The van der Waals surface area contributed by atoms with Gasteiger partial charge in [0.1, 0.15) is 0 Å². The Morgan fingerprint density at radius 3 is 2.56 bits per heavy atom. The molecule has 0 spiro atoms. The van der Waals surface area contributed by atoms with E-state index in [2.05, 4.69) is 18.7 Å². The normalized spacial score (nSPS) is 34.8. The van der Waals surface area contributed by atoms with Gasteiger partial charge in [-0.1, -0.05) is 33.1 Å². The molecule has 0 aromatic carbocycles. The number of rotatable bonds is 2. The van der Waals surface area contributed by atoms with Gasteiger partial charge in [-0.25, -0.2) is 0 Å². The summed E-state index contributed by atoms with van der Waals surface area (Å²) in [5.74, 6) is 0.758. The Kier molecular flexibility index (Phi) is 5.08. The Bertz CT molecular complexity index is 249. The topological polar surface area (TPSA) is 29.3 Å². The molecule has 2 fully saturated rings. The fraction of sp³-hybridized carbons (Fsp3) is 1.00. The molecule has 0 aromatic rings. The molecule has 2 aliphatic rings. The molecule has 2 atom stereocenters. The molecule has 2 N–H and O–H groups in total. The molecule has 2 unspecified atom stereocenters. The van der Waals surface area contributed by atoms with Crippen LogP contribution in [0.15, 0.2) is 0 Å². The number of hydrogen-bond acceptors (Lipinski definition) is 2. The van der Waals surface area contributed by atoms with Crippen molar-refractivity contribution in [3.8, 4) is 0 Å². The molecule has 2 rings (SSSR count). The van der Waals surface area contributed by atoms with Crippen molar-refractivity contribution in [2.75, 3.05) is 19.6 Å². The summed E-state index contributed by atoms with van der Waals surface area (Å²) in [6.45, 7) is 8.37. The van der Waals surface area contributed by atoms with Gasteiger partial charge in [-0.3, -0.25) is 0 Å². The van der Waals surface area contributed by atoms with Crippen LogP contribution in [-0.2, 0) is 0 Å². The smallest absolute Gasteiger partial charge is 0.0136 e. The second kappa shape index (κ2) is 6.38. The van der Waals surface area contributed by atoms with Crippen LogP contribution in [0.2, 0.25) is 0 Å². The Hall–Kier alpha value is -0.0800. The SMILES string of the molecule is CC1(C)CCCN(C2CCCCCC2CN)CC1. The minimum absolute atomic E-state index is 0.553. The molecule has 18 heavy (non-hydrogen) atoms. The average Bonchev–Trinajstić information content (AvgIpc) is 2.66. The largest absolute Gasteiger partial charge is 0.330 e. The summed E-state index contributed by atoms with van der Waals surface area (Å²) in [5, 5.41) is 0. The van der Waals surface area contributed by atoms with Crippen molar-refractivity contribution in [3.05, 3.63) is 0 Å². The molecule has 1 heterocycles. The van der Waals surface area contributed by atoms with E-state index in [4.69, 9.17) is 5.73 Å². The van der Waals surface area contributed by atoms with E-state index in [9.17, 15) is 0 Å². The van der Waals surface area contributed by atoms with E-state index in [0.717, 1.165) is 18.5 Å². The van der Waals surface area contributed by atoms with E-state index in [1.165, 1.54) is 64.5 Å². The van der Waals surface area contributed by atoms with Gasteiger partial charge in [0.05, 0.1) is 0 Å².